The number of ether oxygens (including phenoxy) is 1. The van der Waals surface area contributed by atoms with Crippen LogP contribution in [0, 0.1) is 0 Å². The van der Waals surface area contributed by atoms with Gasteiger partial charge < -0.3 is 15.0 Å². The second kappa shape index (κ2) is 1.98. The lowest BCUT2D eigenvalue weighted by Gasteiger charge is -2.14. The number of anilines is 1. The Labute approximate surface area is 58.6 Å². The first-order valence-corrected chi connectivity index (χ1v) is 3.25. The maximum atomic E-state index is 5.61. The number of nitrogens with zero attached hydrogens (tertiary/aromatic N) is 2. The highest BCUT2D eigenvalue weighted by molar-refractivity contribution is 5.28. The van der Waals surface area contributed by atoms with Crippen LogP contribution in [0.25, 0.3) is 0 Å². The van der Waals surface area contributed by atoms with Gasteiger partial charge in [-0.2, -0.15) is 0 Å². The molecule has 1 aliphatic heterocycles. The zero-order valence-corrected chi connectivity index (χ0v) is 5.58. The lowest BCUT2D eigenvalue weighted by Crippen LogP contribution is -2.17. The smallest absolute Gasteiger partial charge is 0.136 e. The van der Waals surface area contributed by atoms with Gasteiger partial charge in [0, 0.05) is 6.54 Å². The van der Waals surface area contributed by atoms with Gasteiger partial charge in [-0.3, -0.25) is 0 Å². The van der Waals surface area contributed by atoms with Gasteiger partial charge in [0.15, 0.2) is 0 Å². The van der Waals surface area contributed by atoms with Crippen LogP contribution in [0.1, 0.15) is 5.82 Å². The van der Waals surface area contributed by atoms with Crippen molar-refractivity contribution in [3.63, 3.8) is 0 Å². The molecule has 0 radical (unpaired) electrons. The van der Waals surface area contributed by atoms with Crippen LogP contribution in [0.2, 0.25) is 0 Å². The van der Waals surface area contributed by atoms with Crippen molar-refractivity contribution in [2.24, 2.45) is 0 Å². The first-order valence-electron chi connectivity index (χ1n) is 3.25. The van der Waals surface area contributed by atoms with E-state index in [1.54, 1.807) is 6.20 Å². The fourth-order valence-corrected chi connectivity index (χ4v) is 1.12. The highest BCUT2D eigenvalue weighted by Crippen LogP contribution is 2.11. The highest BCUT2D eigenvalue weighted by atomic mass is 16.5. The fraction of sp³-hybridized carbons (Fsp3) is 0.500. The molecule has 1 aromatic rings. The van der Waals surface area contributed by atoms with E-state index in [4.69, 9.17) is 10.5 Å². The molecular formula is C6H9N3O. The van der Waals surface area contributed by atoms with Crippen molar-refractivity contribution in [1.82, 2.24) is 9.55 Å². The Bertz CT molecular complexity index is 243. The van der Waals surface area contributed by atoms with Gasteiger partial charge in [-0.05, 0) is 0 Å². The molecule has 0 spiro atoms. The molecule has 0 fully saturated rings. The van der Waals surface area contributed by atoms with E-state index in [1.165, 1.54) is 0 Å². The fourth-order valence-electron chi connectivity index (χ4n) is 1.12. The molecule has 4 nitrogen and oxygen atoms in total. The summed E-state index contributed by atoms with van der Waals surface area (Å²) in [4.78, 5) is 4.07. The van der Waals surface area contributed by atoms with E-state index in [0.717, 1.165) is 24.8 Å². The molecule has 10 heavy (non-hydrogen) atoms. The predicted molar refractivity (Wildman–Crippen MR) is 36.3 cm³/mol. The summed E-state index contributed by atoms with van der Waals surface area (Å²) in [6.07, 6.45) is 1.67. The topological polar surface area (TPSA) is 53.1 Å². The molecule has 0 unspecified atom stereocenters. The van der Waals surface area contributed by atoms with Gasteiger partial charge in [0.2, 0.25) is 0 Å². The molecule has 54 valence electrons. The number of aromatic nitrogens is 2. The summed E-state index contributed by atoms with van der Waals surface area (Å²) in [6.45, 7) is 2.17. The molecule has 0 amide bonds. The highest BCUT2D eigenvalue weighted by Gasteiger charge is 2.11. The number of rotatable bonds is 0. The standard InChI is InChI=1S/C6H9N3O/c7-5-3-8-6-4-10-2-1-9(5)6/h3H,1-2,4,7H2. The molecule has 4 heteroatoms. The Hall–Kier alpha value is -1.03. The Balaban J connectivity index is 2.45. The van der Waals surface area contributed by atoms with Crippen LogP contribution >= 0.6 is 0 Å². The molecule has 2 heterocycles. The molecule has 0 aliphatic carbocycles. The van der Waals surface area contributed by atoms with Crippen molar-refractivity contribution < 1.29 is 4.74 Å². The van der Waals surface area contributed by atoms with Crippen molar-refractivity contribution in [3.05, 3.63) is 12.0 Å². The minimum Gasteiger partial charge on any atom is -0.384 e. The number of hydrogen-bond donors (Lipinski definition) is 1. The van der Waals surface area contributed by atoms with Crippen molar-refractivity contribution in [2.75, 3.05) is 12.3 Å². The Morgan fingerprint density at radius 3 is 3.40 bits per heavy atom. The van der Waals surface area contributed by atoms with E-state index in [-0.39, 0.29) is 0 Å². The quantitative estimate of drug-likeness (QED) is 0.550. The zero-order chi connectivity index (χ0) is 6.97. The van der Waals surface area contributed by atoms with Crippen LogP contribution in [0.3, 0.4) is 0 Å². The van der Waals surface area contributed by atoms with Crippen molar-refractivity contribution in [1.29, 1.82) is 0 Å². The molecule has 0 saturated carbocycles. The number of hydrogen-bond acceptors (Lipinski definition) is 3. The van der Waals surface area contributed by atoms with Gasteiger partial charge in [-0.1, -0.05) is 0 Å². The maximum Gasteiger partial charge on any atom is 0.136 e. The Morgan fingerprint density at radius 1 is 1.70 bits per heavy atom. The van der Waals surface area contributed by atoms with Gasteiger partial charge >= 0.3 is 0 Å². The third-order valence-corrected chi connectivity index (χ3v) is 1.66. The number of imidazole rings is 1. The van der Waals surface area contributed by atoms with E-state index in [1.807, 2.05) is 4.57 Å². The average molecular weight is 139 g/mol. The predicted octanol–water partition coefficient (Wildman–Crippen LogP) is -0.00450. The lowest BCUT2D eigenvalue weighted by molar-refractivity contribution is 0.0823. The maximum absolute atomic E-state index is 5.61. The largest absolute Gasteiger partial charge is 0.384 e. The summed E-state index contributed by atoms with van der Waals surface area (Å²) in [5, 5.41) is 0. The van der Waals surface area contributed by atoms with E-state index in [0.29, 0.717) is 6.61 Å². The minimum atomic E-state index is 0.594. The van der Waals surface area contributed by atoms with Gasteiger partial charge in [0.1, 0.15) is 18.2 Å². The van der Waals surface area contributed by atoms with Crippen LogP contribution in [-0.4, -0.2) is 16.2 Å². The molecule has 0 atom stereocenters. The summed E-state index contributed by atoms with van der Waals surface area (Å²) in [7, 11) is 0. The van der Waals surface area contributed by atoms with Crippen molar-refractivity contribution >= 4 is 5.82 Å². The van der Waals surface area contributed by atoms with Gasteiger partial charge in [-0.15, -0.1) is 0 Å². The number of nitrogen functional groups attached to an aromatic ring is 1. The molecule has 0 aromatic carbocycles. The number of fused-ring (bicyclic) bond motifs is 1. The molecule has 0 bridgehead atoms. The van der Waals surface area contributed by atoms with Crippen molar-refractivity contribution in [2.45, 2.75) is 13.2 Å². The zero-order valence-electron chi connectivity index (χ0n) is 5.58. The van der Waals surface area contributed by atoms with E-state index in [2.05, 4.69) is 4.98 Å². The van der Waals surface area contributed by atoms with E-state index >= 15 is 0 Å². The first kappa shape index (κ1) is 5.73. The minimum absolute atomic E-state index is 0.594. The summed E-state index contributed by atoms with van der Waals surface area (Å²) < 4.78 is 7.15. The molecule has 2 rings (SSSR count). The van der Waals surface area contributed by atoms with Crippen LogP contribution in [-0.2, 0) is 17.9 Å². The molecule has 1 aromatic heterocycles. The van der Waals surface area contributed by atoms with Crippen LogP contribution in [0.5, 0.6) is 0 Å². The molecule has 0 saturated heterocycles. The van der Waals surface area contributed by atoms with Gasteiger partial charge in [-0.25, -0.2) is 4.98 Å². The van der Waals surface area contributed by atoms with Crippen LogP contribution in [0.15, 0.2) is 6.20 Å². The number of nitrogens with two attached hydrogens (primary N) is 1. The monoisotopic (exact) mass is 139 g/mol. The van der Waals surface area contributed by atoms with E-state index in [9.17, 15) is 0 Å². The Kier molecular flexibility index (Phi) is 1.14. The van der Waals surface area contributed by atoms with Crippen LogP contribution in [0.4, 0.5) is 5.82 Å². The normalized spacial score (nSPS) is 16.8. The summed E-state index contributed by atoms with van der Waals surface area (Å²) in [5.41, 5.74) is 5.61. The van der Waals surface area contributed by atoms with Crippen molar-refractivity contribution in [3.8, 4) is 0 Å². The SMILES string of the molecule is Nc1cnc2n1CCOC2. The Morgan fingerprint density at radius 2 is 2.60 bits per heavy atom. The van der Waals surface area contributed by atoms with E-state index < -0.39 is 0 Å². The summed E-state index contributed by atoms with van der Waals surface area (Å²) in [6, 6.07) is 0. The third kappa shape index (κ3) is 0.690. The summed E-state index contributed by atoms with van der Waals surface area (Å²) in [5.74, 6) is 1.67. The average Bonchev–Trinajstić information content (AvgIpc) is 2.34. The lowest BCUT2D eigenvalue weighted by atomic mass is 10.5. The van der Waals surface area contributed by atoms with Gasteiger partial charge in [0.25, 0.3) is 0 Å². The van der Waals surface area contributed by atoms with Gasteiger partial charge in [0.05, 0.1) is 12.8 Å². The second-order valence-electron chi connectivity index (χ2n) is 2.30. The van der Waals surface area contributed by atoms with Crippen LogP contribution < -0.4 is 5.73 Å². The molecule has 1 aliphatic rings. The molecule has 2 N–H and O–H groups in total. The second-order valence-corrected chi connectivity index (χ2v) is 2.30. The first-order chi connectivity index (χ1) is 4.88. The molecular weight excluding hydrogens is 130 g/mol. The third-order valence-electron chi connectivity index (χ3n) is 1.66. The summed E-state index contributed by atoms with van der Waals surface area (Å²) >= 11 is 0.